The number of likely N-dealkylation sites (tertiary alicyclic amines) is 1. The Morgan fingerprint density at radius 1 is 0.968 bits per heavy atom. The number of piperidine rings is 1. The van der Waals surface area contributed by atoms with Crippen LogP contribution in [0.2, 0.25) is 5.02 Å². The molecule has 1 aromatic carbocycles. The number of amides is 1. The Bertz CT molecular complexity index is 1120. The molecular weight excluding hydrogens is 413 g/mol. The van der Waals surface area contributed by atoms with E-state index in [-0.39, 0.29) is 5.91 Å². The minimum atomic E-state index is -0.810. The van der Waals surface area contributed by atoms with Crippen LogP contribution in [0.4, 0.5) is 4.39 Å². The Hall–Kier alpha value is -2.79. The van der Waals surface area contributed by atoms with Crippen LogP contribution in [0.5, 0.6) is 0 Å². The predicted octanol–water partition coefficient (Wildman–Crippen LogP) is 5.92. The van der Waals surface area contributed by atoms with Crippen molar-refractivity contribution in [1.29, 1.82) is 0 Å². The van der Waals surface area contributed by atoms with Gasteiger partial charge < -0.3 is 4.90 Å². The zero-order valence-electron chi connectivity index (χ0n) is 17.1. The fourth-order valence-electron chi connectivity index (χ4n) is 4.09. The smallest absolute Gasteiger partial charge is 0.253 e. The van der Waals surface area contributed by atoms with E-state index >= 15 is 0 Å². The van der Waals surface area contributed by atoms with E-state index in [9.17, 15) is 9.18 Å². The minimum Gasteiger partial charge on any atom is -0.338 e. The normalized spacial score (nSPS) is 17.0. The third kappa shape index (κ3) is 4.33. The molecule has 0 radical (unpaired) electrons. The van der Waals surface area contributed by atoms with Crippen molar-refractivity contribution in [3.63, 3.8) is 0 Å². The molecule has 1 saturated carbocycles. The predicted molar refractivity (Wildman–Crippen MR) is 120 cm³/mol. The van der Waals surface area contributed by atoms with E-state index in [0.29, 0.717) is 42.4 Å². The largest absolute Gasteiger partial charge is 0.338 e. The van der Waals surface area contributed by atoms with Crippen molar-refractivity contribution >= 4 is 17.5 Å². The monoisotopic (exact) mass is 435 g/mol. The van der Waals surface area contributed by atoms with Gasteiger partial charge in [-0.3, -0.25) is 14.8 Å². The van der Waals surface area contributed by atoms with E-state index < -0.39 is 6.17 Å². The number of alkyl halides is 1. The molecule has 1 saturated heterocycles. The highest BCUT2D eigenvalue weighted by Gasteiger charge is 2.25. The summed E-state index contributed by atoms with van der Waals surface area (Å²) in [6.45, 7) is 0.889. The molecule has 1 aliphatic heterocycles. The quantitative estimate of drug-likeness (QED) is 0.511. The lowest BCUT2D eigenvalue weighted by Crippen LogP contribution is -2.39. The number of benzene rings is 1. The maximum Gasteiger partial charge on any atom is 0.253 e. The first kappa shape index (κ1) is 20.1. The average Bonchev–Trinajstić information content (AvgIpc) is 3.65. The zero-order chi connectivity index (χ0) is 21.4. The van der Waals surface area contributed by atoms with Crippen LogP contribution in [0.25, 0.3) is 22.3 Å². The molecule has 3 aromatic rings. The molecule has 2 aliphatic rings. The van der Waals surface area contributed by atoms with E-state index in [1.54, 1.807) is 23.2 Å². The molecule has 1 amide bonds. The lowest BCUT2D eigenvalue weighted by Gasteiger charge is -2.28. The molecule has 2 fully saturated rings. The molecule has 0 bridgehead atoms. The van der Waals surface area contributed by atoms with E-state index in [4.69, 9.17) is 11.6 Å². The Balaban J connectivity index is 1.40. The maximum atomic E-state index is 13.4. The van der Waals surface area contributed by atoms with Crippen LogP contribution in [0, 0.1) is 0 Å². The number of hydrogen-bond acceptors (Lipinski definition) is 3. The van der Waals surface area contributed by atoms with Gasteiger partial charge in [-0.15, -0.1) is 0 Å². The first-order chi connectivity index (χ1) is 15.1. The zero-order valence-corrected chi connectivity index (χ0v) is 17.9. The number of rotatable bonds is 4. The second-order valence-corrected chi connectivity index (χ2v) is 8.77. The molecule has 4 nitrogen and oxygen atoms in total. The summed E-state index contributed by atoms with van der Waals surface area (Å²) in [5.74, 6) is 0.489. The summed E-state index contributed by atoms with van der Waals surface area (Å²) in [6, 6.07) is 11.5. The summed E-state index contributed by atoms with van der Waals surface area (Å²) < 4.78 is 13.4. The minimum absolute atomic E-state index is 0.100. The van der Waals surface area contributed by atoms with Crippen molar-refractivity contribution in [1.82, 2.24) is 14.9 Å². The number of nitrogens with zero attached hydrogens (tertiary/aromatic N) is 3. The summed E-state index contributed by atoms with van der Waals surface area (Å²) >= 11 is 6.57. The molecule has 158 valence electrons. The van der Waals surface area contributed by atoms with Crippen molar-refractivity contribution in [3.05, 3.63) is 71.3 Å². The topological polar surface area (TPSA) is 46.1 Å². The number of carbonyl (C=O) groups is 1. The van der Waals surface area contributed by atoms with Gasteiger partial charge in [0.15, 0.2) is 0 Å². The van der Waals surface area contributed by atoms with Crippen LogP contribution in [-0.2, 0) is 0 Å². The maximum absolute atomic E-state index is 13.4. The third-order valence-electron chi connectivity index (χ3n) is 6.09. The Morgan fingerprint density at radius 3 is 2.48 bits per heavy atom. The van der Waals surface area contributed by atoms with Crippen LogP contribution < -0.4 is 0 Å². The van der Waals surface area contributed by atoms with Crippen LogP contribution in [-0.4, -0.2) is 40.0 Å². The summed E-state index contributed by atoms with van der Waals surface area (Å²) in [5, 5.41) is 0.499. The highest BCUT2D eigenvalue weighted by Crippen LogP contribution is 2.40. The van der Waals surface area contributed by atoms with Gasteiger partial charge in [0.05, 0.1) is 0 Å². The van der Waals surface area contributed by atoms with E-state index in [1.165, 1.54) is 12.8 Å². The van der Waals surface area contributed by atoms with Gasteiger partial charge >= 0.3 is 0 Å². The van der Waals surface area contributed by atoms with E-state index in [2.05, 4.69) is 22.1 Å². The highest BCUT2D eigenvalue weighted by atomic mass is 35.5. The third-order valence-corrected chi connectivity index (χ3v) is 6.40. The fraction of sp³-hybridized carbons (Fsp3) is 0.320. The second-order valence-electron chi connectivity index (χ2n) is 8.37. The number of pyridine rings is 2. The van der Waals surface area contributed by atoms with Gasteiger partial charge in [-0.25, -0.2) is 4.39 Å². The molecule has 6 heteroatoms. The van der Waals surface area contributed by atoms with Crippen molar-refractivity contribution in [2.75, 3.05) is 13.1 Å². The fourth-order valence-corrected chi connectivity index (χ4v) is 4.38. The van der Waals surface area contributed by atoms with Crippen molar-refractivity contribution < 1.29 is 9.18 Å². The second kappa shape index (κ2) is 8.39. The van der Waals surface area contributed by atoms with Gasteiger partial charge in [0.1, 0.15) is 6.17 Å². The van der Waals surface area contributed by atoms with E-state index in [1.807, 2.05) is 24.5 Å². The average molecular weight is 436 g/mol. The number of hydrogen-bond donors (Lipinski definition) is 0. The molecule has 1 aliphatic carbocycles. The lowest BCUT2D eigenvalue weighted by molar-refractivity contribution is 0.0667. The van der Waals surface area contributed by atoms with Crippen LogP contribution in [0.1, 0.15) is 47.7 Å². The van der Waals surface area contributed by atoms with Crippen LogP contribution in [0.3, 0.4) is 0 Å². The van der Waals surface area contributed by atoms with Crippen LogP contribution in [0.15, 0.2) is 55.0 Å². The molecule has 0 atom stereocenters. The summed E-state index contributed by atoms with van der Waals surface area (Å²) in [6.07, 6.45) is 7.88. The molecule has 0 unspecified atom stereocenters. The van der Waals surface area contributed by atoms with Crippen molar-refractivity contribution in [3.8, 4) is 22.3 Å². The highest BCUT2D eigenvalue weighted by molar-refractivity contribution is 6.33. The Morgan fingerprint density at radius 2 is 1.74 bits per heavy atom. The standard InChI is InChI=1S/C25H23ClFN3O/c26-23-12-18(25(31)30-9-6-21(27)7-10-30)3-4-22(23)20-11-19(14-28-15-20)17-5-8-29-24(13-17)16-1-2-16/h3-5,8,11-16,21H,1-2,6-7,9-10H2. The van der Waals surface area contributed by atoms with Gasteiger partial charge in [-0.2, -0.15) is 0 Å². The van der Waals surface area contributed by atoms with Crippen molar-refractivity contribution in [2.45, 2.75) is 37.8 Å². The number of carbonyl (C=O) groups excluding carboxylic acids is 1. The molecule has 31 heavy (non-hydrogen) atoms. The molecular formula is C25H23ClFN3O. The van der Waals surface area contributed by atoms with E-state index in [0.717, 1.165) is 27.9 Å². The molecule has 0 N–H and O–H groups in total. The first-order valence-corrected chi connectivity index (χ1v) is 11.1. The van der Waals surface area contributed by atoms with Gasteiger partial charge in [0, 0.05) is 70.6 Å². The summed E-state index contributed by atoms with van der Waals surface area (Å²) in [5.41, 5.74) is 5.48. The molecule has 5 rings (SSSR count). The first-order valence-electron chi connectivity index (χ1n) is 10.7. The summed E-state index contributed by atoms with van der Waals surface area (Å²) in [4.78, 5) is 23.4. The van der Waals surface area contributed by atoms with Gasteiger partial charge in [-0.1, -0.05) is 17.7 Å². The van der Waals surface area contributed by atoms with Crippen molar-refractivity contribution in [2.24, 2.45) is 0 Å². The summed E-state index contributed by atoms with van der Waals surface area (Å²) in [7, 11) is 0. The molecule has 3 heterocycles. The Labute approximate surface area is 186 Å². The van der Waals surface area contributed by atoms with Gasteiger partial charge in [0.25, 0.3) is 5.91 Å². The SMILES string of the molecule is O=C(c1ccc(-c2cncc(-c3ccnc(C4CC4)c3)c2)c(Cl)c1)N1CCC(F)CC1. The molecule has 0 spiro atoms. The lowest BCUT2D eigenvalue weighted by atomic mass is 10.00. The Kier molecular flexibility index (Phi) is 5.45. The molecule has 2 aromatic heterocycles. The van der Waals surface area contributed by atoms with Gasteiger partial charge in [-0.05, 0) is 61.6 Å². The number of aromatic nitrogens is 2. The van der Waals surface area contributed by atoms with Crippen LogP contribution >= 0.6 is 11.6 Å². The van der Waals surface area contributed by atoms with Gasteiger partial charge in [0.2, 0.25) is 0 Å². The number of halogens is 2.